The van der Waals surface area contributed by atoms with Crippen molar-refractivity contribution in [3.05, 3.63) is 66.2 Å². The Labute approximate surface area is 119 Å². The number of hydrogen-bond donors (Lipinski definition) is 1. The maximum Gasteiger partial charge on any atom is 0.416 e. The highest BCUT2D eigenvalue weighted by atomic mass is 19.4. The third-order valence-corrected chi connectivity index (χ3v) is 3.04. The van der Waals surface area contributed by atoms with E-state index in [0.29, 0.717) is 16.7 Å². The molecule has 0 amide bonds. The second-order valence-electron chi connectivity index (χ2n) is 4.44. The van der Waals surface area contributed by atoms with Crippen LogP contribution in [0.2, 0.25) is 0 Å². The normalized spacial score (nSPS) is 11.2. The van der Waals surface area contributed by atoms with Crippen molar-refractivity contribution in [3.8, 4) is 11.1 Å². The summed E-state index contributed by atoms with van der Waals surface area (Å²) in [4.78, 5) is 10.8. The molecule has 2 rings (SSSR count). The molecule has 108 valence electrons. The lowest BCUT2D eigenvalue weighted by Crippen LogP contribution is -2.04. The Morgan fingerprint density at radius 3 is 1.71 bits per heavy atom. The van der Waals surface area contributed by atoms with Crippen LogP contribution in [-0.2, 0) is 11.0 Å². The minimum atomic E-state index is -4.36. The molecule has 0 aliphatic rings. The van der Waals surface area contributed by atoms with Crippen LogP contribution < -0.4 is 0 Å². The number of carboxylic acid groups (broad SMARTS) is 1. The summed E-state index contributed by atoms with van der Waals surface area (Å²) in [6.07, 6.45) is -4.36. The van der Waals surface area contributed by atoms with Crippen LogP contribution >= 0.6 is 0 Å². The van der Waals surface area contributed by atoms with Crippen molar-refractivity contribution in [2.75, 3.05) is 0 Å². The first kappa shape index (κ1) is 14.8. The van der Waals surface area contributed by atoms with Crippen molar-refractivity contribution in [1.29, 1.82) is 0 Å². The molecule has 0 aromatic heterocycles. The van der Waals surface area contributed by atoms with Gasteiger partial charge in [0.15, 0.2) is 0 Å². The van der Waals surface area contributed by atoms with Crippen molar-refractivity contribution in [2.24, 2.45) is 0 Å². The molecule has 0 unspecified atom stereocenters. The van der Waals surface area contributed by atoms with Gasteiger partial charge < -0.3 is 5.11 Å². The van der Waals surface area contributed by atoms with Gasteiger partial charge in [-0.25, -0.2) is 4.79 Å². The molecule has 5 heteroatoms. The smallest absolute Gasteiger partial charge is 0.416 e. The number of benzene rings is 2. The van der Waals surface area contributed by atoms with Gasteiger partial charge in [0.05, 0.1) is 11.1 Å². The van der Waals surface area contributed by atoms with Gasteiger partial charge in [0.1, 0.15) is 0 Å². The van der Waals surface area contributed by atoms with E-state index in [-0.39, 0.29) is 5.57 Å². The average Bonchev–Trinajstić information content (AvgIpc) is 2.46. The summed E-state index contributed by atoms with van der Waals surface area (Å²) in [7, 11) is 0. The molecule has 2 aromatic carbocycles. The summed E-state index contributed by atoms with van der Waals surface area (Å²) in [5.74, 6) is -1.11. The van der Waals surface area contributed by atoms with Crippen LogP contribution in [0.25, 0.3) is 16.7 Å². The minimum Gasteiger partial charge on any atom is -0.478 e. The van der Waals surface area contributed by atoms with Crippen molar-refractivity contribution in [2.45, 2.75) is 6.18 Å². The molecule has 0 radical (unpaired) electrons. The lowest BCUT2D eigenvalue weighted by atomic mass is 10.00. The molecule has 0 aliphatic carbocycles. The van der Waals surface area contributed by atoms with Crippen LogP contribution in [-0.4, -0.2) is 11.1 Å². The Bertz CT molecular complexity index is 668. The molecule has 0 saturated heterocycles. The maximum atomic E-state index is 12.5. The van der Waals surface area contributed by atoms with Gasteiger partial charge >= 0.3 is 12.1 Å². The molecule has 0 atom stereocenters. The largest absolute Gasteiger partial charge is 0.478 e. The zero-order chi connectivity index (χ0) is 15.6. The molecular weight excluding hydrogens is 281 g/mol. The Kier molecular flexibility index (Phi) is 3.84. The van der Waals surface area contributed by atoms with E-state index in [1.165, 1.54) is 12.1 Å². The Morgan fingerprint density at radius 2 is 1.33 bits per heavy atom. The first-order valence-corrected chi connectivity index (χ1v) is 5.99. The number of halogens is 3. The Balaban J connectivity index is 2.27. The number of alkyl halides is 3. The van der Waals surface area contributed by atoms with Crippen molar-refractivity contribution in [1.82, 2.24) is 0 Å². The van der Waals surface area contributed by atoms with E-state index in [2.05, 4.69) is 6.58 Å². The van der Waals surface area contributed by atoms with Crippen LogP contribution in [0.3, 0.4) is 0 Å². The van der Waals surface area contributed by atoms with Gasteiger partial charge in [0.25, 0.3) is 0 Å². The molecule has 0 saturated carbocycles. The molecule has 2 nitrogen and oxygen atoms in total. The van der Waals surface area contributed by atoms with Gasteiger partial charge in [-0.05, 0) is 28.8 Å². The van der Waals surface area contributed by atoms with Crippen LogP contribution in [0.1, 0.15) is 11.1 Å². The summed E-state index contributed by atoms with van der Waals surface area (Å²) in [6, 6.07) is 11.2. The predicted octanol–water partition coefficient (Wildman–Crippen LogP) is 4.47. The second-order valence-corrected chi connectivity index (χ2v) is 4.44. The highest BCUT2D eigenvalue weighted by Gasteiger charge is 2.29. The van der Waals surface area contributed by atoms with Crippen LogP contribution in [0.15, 0.2) is 55.1 Å². The van der Waals surface area contributed by atoms with E-state index in [9.17, 15) is 18.0 Å². The molecule has 0 spiro atoms. The fourth-order valence-corrected chi connectivity index (χ4v) is 1.84. The molecule has 0 heterocycles. The highest BCUT2D eigenvalue weighted by Crippen LogP contribution is 2.31. The lowest BCUT2D eigenvalue weighted by Gasteiger charge is -2.08. The average molecular weight is 292 g/mol. The summed E-state index contributed by atoms with van der Waals surface area (Å²) in [5, 5.41) is 8.82. The van der Waals surface area contributed by atoms with Gasteiger partial charge in [-0.2, -0.15) is 13.2 Å². The summed E-state index contributed by atoms with van der Waals surface area (Å²) in [6.45, 7) is 3.44. The zero-order valence-corrected chi connectivity index (χ0v) is 10.8. The summed E-state index contributed by atoms with van der Waals surface area (Å²) in [5.41, 5.74) is 1.04. The first-order chi connectivity index (χ1) is 9.79. The fraction of sp³-hybridized carbons (Fsp3) is 0.0625. The Morgan fingerprint density at radius 1 is 0.905 bits per heavy atom. The standard InChI is InChI=1S/C16H11F3O2/c1-10(15(20)21)11-2-4-12(5-3-11)13-6-8-14(9-7-13)16(17,18)19/h2-9H,1H2,(H,20,21). The third-order valence-electron chi connectivity index (χ3n) is 3.04. The number of aliphatic carboxylic acids is 1. The third kappa shape index (κ3) is 3.31. The van der Waals surface area contributed by atoms with E-state index in [0.717, 1.165) is 12.1 Å². The molecule has 1 N–H and O–H groups in total. The highest BCUT2D eigenvalue weighted by molar-refractivity contribution is 6.14. The number of carboxylic acids is 1. The van der Waals surface area contributed by atoms with E-state index in [4.69, 9.17) is 5.11 Å². The summed E-state index contributed by atoms with van der Waals surface area (Å²) >= 11 is 0. The van der Waals surface area contributed by atoms with Crippen molar-refractivity contribution in [3.63, 3.8) is 0 Å². The zero-order valence-electron chi connectivity index (χ0n) is 10.8. The molecule has 0 aliphatic heterocycles. The minimum absolute atomic E-state index is 0.0334. The molecular formula is C16H11F3O2. The van der Waals surface area contributed by atoms with Gasteiger partial charge in [0, 0.05) is 0 Å². The first-order valence-electron chi connectivity index (χ1n) is 5.99. The van der Waals surface area contributed by atoms with E-state index in [1.54, 1.807) is 24.3 Å². The topological polar surface area (TPSA) is 37.3 Å². The van der Waals surface area contributed by atoms with Gasteiger partial charge in [-0.1, -0.05) is 43.0 Å². The number of hydrogen-bond acceptors (Lipinski definition) is 1. The molecule has 2 aromatic rings. The van der Waals surface area contributed by atoms with Gasteiger partial charge in [-0.15, -0.1) is 0 Å². The quantitative estimate of drug-likeness (QED) is 0.847. The van der Waals surface area contributed by atoms with Crippen LogP contribution in [0.5, 0.6) is 0 Å². The Hall–Kier alpha value is -2.56. The van der Waals surface area contributed by atoms with E-state index >= 15 is 0 Å². The monoisotopic (exact) mass is 292 g/mol. The van der Waals surface area contributed by atoms with Crippen LogP contribution in [0, 0.1) is 0 Å². The fourth-order valence-electron chi connectivity index (χ4n) is 1.84. The number of carbonyl (C=O) groups is 1. The molecule has 0 bridgehead atoms. The maximum absolute atomic E-state index is 12.5. The van der Waals surface area contributed by atoms with Gasteiger partial charge in [-0.3, -0.25) is 0 Å². The molecule has 21 heavy (non-hydrogen) atoms. The SMILES string of the molecule is C=C(C(=O)O)c1ccc(-c2ccc(C(F)(F)F)cc2)cc1. The predicted molar refractivity (Wildman–Crippen MR) is 73.5 cm³/mol. The van der Waals surface area contributed by atoms with E-state index < -0.39 is 17.7 Å². The summed E-state index contributed by atoms with van der Waals surface area (Å²) < 4.78 is 37.4. The van der Waals surface area contributed by atoms with Crippen molar-refractivity contribution >= 4 is 11.5 Å². The number of rotatable bonds is 3. The second kappa shape index (κ2) is 5.44. The lowest BCUT2D eigenvalue weighted by molar-refractivity contribution is -0.137. The van der Waals surface area contributed by atoms with Crippen molar-refractivity contribution < 1.29 is 23.1 Å². The van der Waals surface area contributed by atoms with E-state index in [1.807, 2.05) is 0 Å². The van der Waals surface area contributed by atoms with Crippen LogP contribution in [0.4, 0.5) is 13.2 Å². The molecule has 0 fully saturated rings. The van der Waals surface area contributed by atoms with Gasteiger partial charge in [0.2, 0.25) is 0 Å².